The lowest BCUT2D eigenvalue weighted by Gasteiger charge is -2.37. The summed E-state index contributed by atoms with van der Waals surface area (Å²) in [5, 5.41) is 38.9. The molecule has 0 radical (unpaired) electrons. The Hall–Kier alpha value is -0.160. The van der Waals surface area contributed by atoms with E-state index in [2.05, 4.69) is 0 Å². The van der Waals surface area contributed by atoms with Gasteiger partial charge in [-0.05, 0) is 20.3 Å². The van der Waals surface area contributed by atoms with Crippen molar-refractivity contribution in [1.82, 2.24) is 0 Å². The number of hydrogen-bond donors (Lipinski definition) is 4. The van der Waals surface area contributed by atoms with Crippen molar-refractivity contribution in [3.63, 3.8) is 0 Å². The molecule has 4 heteroatoms. The van der Waals surface area contributed by atoms with Crippen LogP contribution in [0.5, 0.6) is 0 Å². The molecule has 0 aromatic carbocycles. The molecule has 0 aromatic rings. The summed E-state index contributed by atoms with van der Waals surface area (Å²) in [6.07, 6.45) is 0.569. The molecule has 4 atom stereocenters. The zero-order valence-corrected chi connectivity index (χ0v) is 11.5. The van der Waals surface area contributed by atoms with Crippen LogP contribution >= 0.6 is 0 Å². The Kier molecular flexibility index (Phi) is 6.62. The average molecular weight is 248 g/mol. The largest absolute Gasteiger partial charge is 0.396 e. The van der Waals surface area contributed by atoms with Crippen LogP contribution < -0.4 is 0 Å². The van der Waals surface area contributed by atoms with Crippen molar-refractivity contribution in [2.75, 3.05) is 6.61 Å². The molecular weight excluding hydrogens is 220 g/mol. The van der Waals surface area contributed by atoms with Crippen LogP contribution in [0.4, 0.5) is 0 Å². The third-order valence-corrected chi connectivity index (χ3v) is 3.36. The highest BCUT2D eigenvalue weighted by Crippen LogP contribution is 2.33. The van der Waals surface area contributed by atoms with Crippen LogP contribution in [0, 0.1) is 5.41 Å². The van der Waals surface area contributed by atoms with Crippen molar-refractivity contribution >= 4 is 0 Å². The van der Waals surface area contributed by atoms with Gasteiger partial charge >= 0.3 is 0 Å². The molecule has 0 aliphatic heterocycles. The fraction of sp³-hybridized carbons (Fsp3) is 1.00. The standard InChI is InChI=1S/C13H28O4/c1-5-6-12(3,9-14)11(16)8-13(4,17)7-10(2)15/h10-11,14-17H,5-9H2,1-4H3. The topological polar surface area (TPSA) is 80.9 Å². The van der Waals surface area contributed by atoms with E-state index >= 15 is 0 Å². The fourth-order valence-electron chi connectivity index (χ4n) is 2.30. The molecule has 0 aromatic heterocycles. The van der Waals surface area contributed by atoms with Gasteiger partial charge in [-0.25, -0.2) is 0 Å². The summed E-state index contributed by atoms with van der Waals surface area (Å²) in [6, 6.07) is 0. The molecule has 104 valence electrons. The quantitative estimate of drug-likeness (QED) is 0.518. The third kappa shape index (κ3) is 5.82. The summed E-state index contributed by atoms with van der Waals surface area (Å²) >= 11 is 0. The molecule has 0 heterocycles. The fourth-order valence-corrected chi connectivity index (χ4v) is 2.30. The van der Waals surface area contributed by atoms with E-state index in [1.165, 1.54) is 0 Å². The van der Waals surface area contributed by atoms with Crippen LogP contribution in [0.15, 0.2) is 0 Å². The lowest BCUT2D eigenvalue weighted by atomic mass is 9.75. The van der Waals surface area contributed by atoms with Gasteiger partial charge in [0, 0.05) is 18.3 Å². The molecule has 0 rings (SSSR count). The van der Waals surface area contributed by atoms with Crippen LogP contribution in [-0.4, -0.2) is 44.8 Å². The van der Waals surface area contributed by atoms with E-state index in [4.69, 9.17) is 0 Å². The van der Waals surface area contributed by atoms with Gasteiger partial charge in [-0.15, -0.1) is 0 Å². The van der Waals surface area contributed by atoms with Crippen molar-refractivity contribution in [1.29, 1.82) is 0 Å². The van der Waals surface area contributed by atoms with Gasteiger partial charge in [0.1, 0.15) is 0 Å². The highest BCUT2D eigenvalue weighted by molar-refractivity contribution is 4.88. The predicted molar refractivity (Wildman–Crippen MR) is 67.6 cm³/mol. The first-order valence-electron chi connectivity index (χ1n) is 6.36. The van der Waals surface area contributed by atoms with Crippen LogP contribution in [-0.2, 0) is 0 Å². The van der Waals surface area contributed by atoms with Crippen LogP contribution in [0.2, 0.25) is 0 Å². The van der Waals surface area contributed by atoms with E-state index in [9.17, 15) is 20.4 Å². The minimum atomic E-state index is -1.11. The smallest absolute Gasteiger partial charge is 0.0669 e. The number of rotatable bonds is 8. The van der Waals surface area contributed by atoms with E-state index in [1.54, 1.807) is 13.8 Å². The third-order valence-electron chi connectivity index (χ3n) is 3.36. The second-order valence-electron chi connectivity index (χ2n) is 5.83. The average Bonchev–Trinajstić information content (AvgIpc) is 2.14. The SMILES string of the molecule is CCCC(C)(CO)C(O)CC(C)(O)CC(C)O. The first kappa shape index (κ1) is 16.8. The van der Waals surface area contributed by atoms with Gasteiger partial charge < -0.3 is 20.4 Å². The minimum Gasteiger partial charge on any atom is -0.396 e. The summed E-state index contributed by atoms with van der Waals surface area (Å²) < 4.78 is 0. The molecule has 4 unspecified atom stereocenters. The lowest BCUT2D eigenvalue weighted by Crippen LogP contribution is -2.42. The molecule has 4 N–H and O–H groups in total. The maximum atomic E-state index is 10.1. The normalized spacial score (nSPS) is 22.6. The molecule has 0 saturated heterocycles. The van der Waals surface area contributed by atoms with Crippen molar-refractivity contribution in [2.45, 2.75) is 71.2 Å². The Morgan fingerprint density at radius 3 is 2.00 bits per heavy atom. The molecule has 0 aliphatic rings. The zero-order chi connectivity index (χ0) is 13.7. The van der Waals surface area contributed by atoms with Gasteiger partial charge in [-0.2, -0.15) is 0 Å². The lowest BCUT2D eigenvalue weighted by molar-refractivity contribution is -0.0787. The number of aliphatic hydroxyl groups excluding tert-OH is 3. The maximum absolute atomic E-state index is 10.1. The molecule has 0 spiro atoms. The molecule has 17 heavy (non-hydrogen) atoms. The van der Waals surface area contributed by atoms with E-state index in [0.717, 1.165) is 6.42 Å². The van der Waals surface area contributed by atoms with Gasteiger partial charge in [-0.1, -0.05) is 20.3 Å². The van der Waals surface area contributed by atoms with Crippen LogP contribution in [0.25, 0.3) is 0 Å². The Morgan fingerprint density at radius 2 is 1.65 bits per heavy atom. The first-order valence-corrected chi connectivity index (χ1v) is 6.36. The molecule has 0 bridgehead atoms. The predicted octanol–water partition coefficient (Wildman–Crippen LogP) is 1.06. The first-order chi connectivity index (χ1) is 7.67. The Balaban J connectivity index is 4.54. The van der Waals surface area contributed by atoms with Crippen LogP contribution in [0.3, 0.4) is 0 Å². The molecule has 0 fully saturated rings. The Labute approximate surface area is 104 Å². The van der Waals surface area contributed by atoms with Gasteiger partial charge in [0.2, 0.25) is 0 Å². The van der Waals surface area contributed by atoms with Crippen molar-refractivity contribution in [3.05, 3.63) is 0 Å². The van der Waals surface area contributed by atoms with Crippen molar-refractivity contribution < 1.29 is 20.4 Å². The summed E-state index contributed by atoms with van der Waals surface area (Å²) in [6.45, 7) is 6.92. The number of hydrogen-bond acceptors (Lipinski definition) is 4. The second-order valence-corrected chi connectivity index (χ2v) is 5.83. The van der Waals surface area contributed by atoms with E-state index in [-0.39, 0.29) is 19.4 Å². The monoisotopic (exact) mass is 248 g/mol. The van der Waals surface area contributed by atoms with E-state index in [1.807, 2.05) is 13.8 Å². The summed E-state index contributed by atoms with van der Waals surface area (Å²) in [5.41, 5.74) is -1.70. The summed E-state index contributed by atoms with van der Waals surface area (Å²) in [7, 11) is 0. The number of aliphatic hydroxyl groups is 4. The molecule has 4 nitrogen and oxygen atoms in total. The highest BCUT2D eigenvalue weighted by atomic mass is 16.3. The van der Waals surface area contributed by atoms with E-state index < -0.39 is 23.2 Å². The maximum Gasteiger partial charge on any atom is 0.0669 e. The highest BCUT2D eigenvalue weighted by Gasteiger charge is 2.36. The van der Waals surface area contributed by atoms with Gasteiger partial charge in [0.15, 0.2) is 0 Å². The molecule has 0 amide bonds. The molecule has 0 aliphatic carbocycles. The molecule has 0 saturated carbocycles. The summed E-state index contributed by atoms with van der Waals surface area (Å²) in [4.78, 5) is 0. The molecular formula is C13H28O4. The zero-order valence-electron chi connectivity index (χ0n) is 11.5. The van der Waals surface area contributed by atoms with Gasteiger partial charge in [0.05, 0.1) is 24.4 Å². The van der Waals surface area contributed by atoms with Gasteiger partial charge in [0.25, 0.3) is 0 Å². The minimum absolute atomic E-state index is 0.104. The summed E-state index contributed by atoms with van der Waals surface area (Å²) in [5.74, 6) is 0. The second kappa shape index (κ2) is 6.69. The van der Waals surface area contributed by atoms with Crippen molar-refractivity contribution in [2.24, 2.45) is 5.41 Å². The van der Waals surface area contributed by atoms with E-state index in [0.29, 0.717) is 6.42 Å². The van der Waals surface area contributed by atoms with Crippen LogP contribution in [0.1, 0.15) is 53.4 Å². The van der Waals surface area contributed by atoms with Crippen molar-refractivity contribution in [3.8, 4) is 0 Å². The van der Waals surface area contributed by atoms with Gasteiger partial charge in [-0.3, -0.25) is 0 Å². The Bertz CT molecular complexity index is 215. The Morgan fingerprint density at radius 1 is 1.12 bits per heavy atom.